The summed E-state index contributed by atoms with van der Waals surface area (Å²) < 4.78 is 0. The number of Topliss-reactive ketones (excluding diaryl/α,β-unsaturated/α-hetero) is 1. The van der Waals surface area contributed by atoms with Gasteiger partial charge in [0.2, 0.25) is 0 Å². The monoisotopic (exact) mass is 179 g/mol. The zero-order valence-corrected chi connectivity index (χ0v) is 8.13. The average Bonchev–Trinajstić information content (AvgIpc) is 2.31. The van der Waals surface area contributed by atoms with E-state index in [0.29, 0.717) is 6.42 Å². The summed E-state index contributed by atoms with van der Waals surface area (Å²) in [5.74, 6) is 0.353. The Labute approximate surface area is 77.4 Å². The molecule has 70 valence electrons. The molecule has 2 rings (SSSR count). The molecule has 1 atom stereocenters. The Hall–Kier alpha value is -1.12. The highest BCUT2D eigenvalue weighted by Crippen LogP contribution is 2.35. The minimum Gasteiger partial charge on any atom is -0.389 e. The Morgan fingerprint density at radius 2 is 2.31 bits per heavy atom. The van der Waals surface area contributed by atoms with E-state index in [-0.39, 0.29) is 17.3 Å². The topological polar surface area (TPSA) is 38.7 Å². The molecule has 13 heavy (non-hydrogen) atoms. The number of rotatable bonds is 0. The first-order valence-corrected chi connectivity index (χ1v) is 4.48. The quantitative estimate of drug-likeness (QED) is 0.567. The van der Waals surface area contributed by atoms with Gasteiger partial charge >= 0.3 is 0 Å². The van der Waals surface area contributed by atoms with Gasteiger partial charge in [-0.2, -0.15) is 0 Å². The van der Waals surface area contributed by atoms with Crippen LogP contribution in [0.15, 0.2) is 16.8 Å². The first kappa shape index (κ1) is 8.48. The summed E-state index contributed by atoms with van der Waals surface area (Å²) in [5.41, 5.74) is 1.39. The molecule has 1 aliphatic carbocycles. The molecule has 3 nitrogen and oxygen atoms in total. The van der Waals surface area contributed by atoms with Crippen molar-refractivity contribution in [2.75, 3.05) is 0 Å². The van der Waals surface area contributed by atoms with Gasteiger partial charge in [-0.15, -0.1) is 0 Å². The van der Waals surface area contributed by atoms with Gasteiger partial charge in [-0.05, 0) is 32.4 Å². The molecule has 0 N–H and O–H groups in total. The van der Waals surface area contributed by atoms with Crippen LogP contribution in [0.2, 0.25) is 0 Å². The number of allylic oxidation sites excluding steroid dienone is 2. The average molecular weight is 179 g/mol. The van der Waals surface area contributed by atoms with Crippen LogP contribution in [0.5, 0.6) is 0 Å². The van der Waals surface area contributed by atoms with Crippen LogP contribution in [0.3, 0.4) is 0 Å². The Balaban J connectivity index is 2.37. The van der Waals surface area contributed by atoms with E-state index in [1.807, 2.05) is 26.8 Å². The highest BCUT2D eigenvalue weighted by molar-refractivity contribution is 6.11. The van der Waals surface area contributed by atoms with E-state index >= 15 is 0 Å². The summed E-state index contributed by atoms with van der Waals surface area (Å²) in [4.78, 5) is 16.7. The summed E-state index contributed by atoms with van der Waals surface area (Å²) >= 11 is 0. The lowest BCUT2D eigenvalue weighted by Gasteiger charge is -2.26. The Bertz CT molecular complexity index is 326. The van der Waals surface area contributed by atoms with Crippen LogP contribution in [-0.2, 0) is 9.63 Å². The highest BCUT2D eigenvalue weighted by atomic mass is 16.7. The van der Waals surface area contributed by atoms with Crippen molar-refractivity contribution >= 4 is 11.5 Å². The Kier molecular flexibility index (Phi) is 1.59. The van der Waals surface area contributed by atoms with Crippen molar-refractivity contribution in [2.24, 2.45) is 11.1 Å². The Morgan fingerprint density at radius 1 is 1.62 bits per heavy atom. The minimum absolute atomic E-state index is 0.142. The molecule has 1 unspecified atom stereocenters. The molecule has 0 saturated heterocycles. The number of ketones is 1. The van der Waals surface area contributed by atoms with E-state index in [1.54, 1.807) is 0 Å². The molecule has 1 aliphatic heterocycles. The molecule has 0 fully saturated rings. The van der Waals surface area contributed by atoms with Crippen LogP contribution < -0.4 is 0 Å². The van der Waals surface area contributed by atoms with E-state index in [2.05, 4.69) is 5.16 Å². The van der Waals surface area contributed by atoms with Gasteiger partial charge in [-0.3, -0.25) is 4.79 Å². The normalized spacial score (nSPS) is 30.4. The first-order valence-electron chi connectivity index (χ1n) is 4.48. The van der Waals surface area contributed by atoms with Crippen LogP contribution in [-0.4, -0.2) is 17.1 Å². The van der Waals surface area contributed by atoms with Crippen molar-refractivity contribution in [3.8, 4) is 0 Å². The summed E-state index contributed by atoms with van der Waals surface area (Å²) in [6.45, 7) is 5.76. The second-order valence-electron chi connectivity index (χ2n) is 4.22. The SMILES string of the molecule is CC1=CC2=NOC(C)(C)C2CC1=O. The van der Waals surface area contributed by atoms with Crippen LogP contribution in [0.1, 0.15) is 27.2 Å². The number of hydrogen-bond donors (Lipinski definition) is 0. The summed E-state index contributed by atoms with van der Waals surface area (Å²) in [6.07, 6.45) is 2.37. The lowest BCUT2D eigenvalue weighted by Crippen LogP contribution is -2.36. The number of hydrogen-bond acceptors (Lipinski definition) is 3. The highest BCUT2D eigenvalue weighted by Gasteiger charge is 2.43. The summed E-state index contributed by atoms with van der Waals surface area (Å²) in [6, 6.07) is 0. The summed E-state index contributed by atoms with van der Waals surface area (Å²) in [7, 11) is 0. The smallest absolute Gasteiger partial charge is 0.159 e. The van der Waals surface area contributed by atoms with Crippen molar-refractivity contribution < 1.29 is 9.63 Å². The zero-order valence-electron chi connectivity index (χ0n) is 8.13. The van der Waals surface area contributed by atoms with Gasteiger partial charge in [0.1, 0.15) is 5.60 Å². The van der Waals surface area contributed by atoms with E-state index in [1.165, 1.54) is 0 Å². The third-order valence-corrected chi connectivity index (χ3v) is 2.78. The van der Waals surface area contributed by atoms with Crippen molar-refractivity contribution in [2.45, 2.75) is 32.8 Å². The van der Waals surface area contributed by atoms with E-state index in [4.69, 9.17) is 4.84 Å². The molecule has 0 spiro atoms. The van der Waals surface area contributed by atoms with Gasteiger partial charge in [0.15, 0.2) is 5.78 Å². The maximum absolute atomic E-state index is 11.4. The number of nitrogens with zero attached hydrogens (tertiary/aromatic N) is 1. The molecule has 0 bridgehead atoms. The molecule has 0 aromatic carbocycles. The van der Waals surface area contributed by atoms with Crippen molar-refractivity contribution in [1.82, 2.24) is 0 Å². The van der Waals surface area contributed by atoms with Crippen LogP contribution >= 0.6 is 0 Å². The second kappa shape index (κ2) is 2.44. The van der Waals surface area contributed by atoms with Crippen LogP contribution in [0.25, 0.3) is 0 Å². The lowest BCUT2D eigenvalue weighted by atomic mass is 9.78. The molecule has 3 heteroatoms. The van der Waals surface area contributed by atoms with Gasteiger partial charge in [0.05, 0.1) is 11.6 Å². The molecule has 0 aromatic heterocycles. The third-order valence-electron chi connectivity index (χ3n) is 2.78. The molecule has 0 saturated carbocycles. The van der Waals surface area contributed by atoms with Gasteiger partial charge in [0.25, 0.3) is 0 Å². The first-order chi connectivity index (χ1) is 6.00. The van der Waals surface area contributed by atoms with Gasteiger partial charge in [-0.25, -0.2) is 0 Å². The standard InChI is InChI=1S/C10H13NO2/c1-6-4-8-7(5-9(6)12)10(2,3)13-11-8/h4,7H,5H2,1-3H3. The molecular weight excluding hydrogens is 166 g/mol. The molecule has 0 aromatic rings. The second-order valence-corrected chi connectivity index (χ2v) is 4.22. The predicted molar refractivity (Wildman–Crippen MR) is 49.5 cm³/mol. The fraction of sp³-hybridized carbons (Fsp3) is 0.600. The Morgan fingerprint density at radius 3 is 3.00 bits per heavy atom. The van der Waals surface area contributed by atoms with Crippen molar-refractivity contribution in [3.05, 3.63) is 11.6 Å². The molecule has 1 heterocycles. The molecule has 0 radical (unpaired) electrons. The maximum atomic E-state index is 11.4. The predicted octanol–water partition coefficient (Wildman–Crippen LogP) is 1.69. The van der Waals surface area contributed by atoms with E-state index < -0.39 is 0 Å². The fourth-order valence-electron chi connectivity index (χ4n) is 1.78. The molecule has 0 amide bonds. The zero-order chi connectivity index (χ0) is 9.64. The van der Waals surface area contributed by atoms with Crippen molar-refractivity contribution in [3.63, 3.8) is 0 Å². The number of oxime groups is 1. The van der Waals surface area contributed by atoms with Gasteiger partial charge in [0, 0.05) is 6.42 Å². The lowest BCUT2D eigenvalue weighted by molar-refractivity contribution is -0.117. The molecule has 2 aliphatic rings. The van der Waals surface area contributed by atoms with E-state index in [9.17, 15) is 4.79 Å². The number of fused-ring (bicyclic) bond motifs is 1. The van der Waals surface area contributed by atoms with E-state index in [0.717, 1.165) is 11.3 Å². The number of carbonyl (C=O) groups excluding carboxylic acids is 1. The number of carbonyl (C=O) groups is 1. The fourth-order valence-corrected chi connectivity index (χ4v) is 1.78. The minimum atomic E-state index is -0.317. The van der Waals surface area contributed by atoms with Crippen molar-refractivity contribution in [1.29, 1.82) is 0 Å². The van der Waals surface area contributed by atoms with Crippen LogP contribution in [0, 0.1) is 5.92 Å². The summed E-state index contributed by atoms with van der Waals surface area (Å²) in [5, 5.41) is 3.98. The third kappa shape index (κ3) is 1.19. The maximum Gasteiger partial charge on any atom is 0.159 e. The largest absolute Gasteiger partial charge is 0.389 e. The van der Waals surface area contributed by atoms with Crippen LogP contribution in [0.4, 0.5) is 0 Å². The van der Waals surface area contributed by atoms with Gasteiger partial charge in [-0.1, -0.05) is 5.16 Å². The van der Waals surface area contributed by atoms with Gasteiger partial charge < -0.3 is 4.84 Å². The molecular formula is C10H13NO2.